The molecule has 0 amide bonds. The molecule has 2 aromatic rings. The summed E-state index contributed by atoms with van der Waals surface area (Å²) >= 11 is 6.12. The lowest BCUT2D eigenvalue weighted by Gasteiger charge is -2.19. The van der Waals surface area contributed by atoms with Gasteiger partial charge in [-0.3, -0.25) is 4.98 Å². The molecule has 3 nitrogen and oxygen atoms in total. The minimum Gasteiger partial charge on any atom is -0.495 e. The number of likely N-dealkylation sites (N-methyl/N-ethyl adjacent to an activating group) is 1. The second kappa shape index (κ2) is 6.68. The van der Waals surface area contributed by atoms with E-state index in [2.05, 4.69) is 10.3 Å². The van der Waals surface area contributed by atoms with E-state index in [1.54, 1.807) is 25.6 Å². The molecule has 5 heteroatoms. The number of nitrogens with zero attached hydrogens (tertiary/aromatic N) is 1. The van der Waals surface area contributed by atoms with Crippen LogP contribution in [0.2, 0.25) is 5.02 Å². The van der Waals surface area contributed by atoms with Gasteiger partial charge in [0.25, 0.3) is 0 Å². The summed E-state index contributed by atoms with van der Waals surface area (Å²) in [6, 6.07) is 6.23. The maximum Gasteiger partial charge on any atom is 0.141 e. The van der Waals surface area contributed by atoms with Gasteiger partial charge in [-0.25, -0.2) is 4.39 Å². The maximum atomic E-state index is 13.3. The number of rotatable bonds is 5. The number of aromatic nitrogens is 1. The van der Waals surface area contributed by atoms with E-state index < -0.39 is 0 Å². The van der Waals surface area contributed by atoms with E-state index in [-0.39, 0.29) is 11.9 Å². The van der Waals surface area contributed by atoms with Crippen molar-refractivity contribution in [3.63, 3.8) is 0 Å². The smallest absolute Gasteiger partial charge is 0.141 e. The van der Waals surface area contributed by atoms with Crippen LogP contribution in [-0.4, -0.2) is 19.1 Å². The van der Waals surface area contributed by atoms with E-state index in [9.17, 15) is 4.39 Å². The molecule has 0 saturated carbocycles. The number of ether oxygens (including phenoxy) is 1. The van der Waals surface area contributed by atoms with E-state index in [1.165, 1.54) is 12.1 Å². The van der Waals surface area contributed by atoms with Crippen LogP contribution in [0.5, 0.6) is 5.75 Å². The third kappa shape index (κ3) is 3.26. The lowest BCUT2D eigenvalue weighted by Crippen LogP contribution is -2.20. The van der Waals surface area contributed by atoms with Crippen LogP contribution in [0.3, 0.4) is 0 Å². The van der Waals surface area contributed by atoms with Gasteiger partial charge >= 0.3 is 0 Å². The molecule has 1 heterocycles. The second-order valence-electron chi connectivity index (χ2n) is 4.40. The number of halogens is 2. The summed E-state index contributed by atoms with van der Waals surface area (Å²) in [5.74, 6) is 0.403. The molecular weight excluding hydrogens is 279 g/mol. The fourth-order valence-corrected chi connectivity index (χ4v) is 2.33. The van der Waals surface area contributed by atoms with Crippen LogP contribution in [-0.2, 0) is 6.42 Å². The Kier molecular flexibility index (Phi) is 4.93. The first-order valence-electron chi connectivity index (χ1n) is 6.24. The second-order valence-corrected chi connectivity index (χ2v) is 4.81. The zero-order valence-corrected chi connectivity index (χ0v) is 12.1. The average molecular weight is 295 g/mol. The summed E-state index contributed by atoms with van der Waals surface area (Å²) in [6.07, 6.45) is 3.93. The molecule has 106 valence electrons. The molecule has 0 fully saturated rings. The quantitative estimate of drug-likeness (QED) is 0.918. The molecule has 1 unspecified atom stereocenters. The Balaban J connectivity index is 2.31. The number of hydrogen-bond acceptors (Lipinski definition) is 3. The fourth-order valence-electron chi connectivity index (χ4n) is 2.14. The van der Waals surface area contributed by atoms with Gasteiger partial charge in [-0.15, -0.1) is 0 Å². The van der Waals surface area contributed by atoms with E-state index in [0.29, 0.717) is 17.2 Å². The van der Waals surface area contributed by atoms with Gasteiger partial charge in [-0.1, -0.05) is 11.6 Å². The predicted molar refractivity (Wildman–Crippen MR) is 77.7 cm³/mol. The Morgan fingerprint density at radius 1 is 1.40 bits per heavy atom. The van der Waals surface area contributed by atoms with Crippen molar-refractivity contribution in [1.82, 2.24) is 10.3 Å². The highest BCUT2D eigenvalue weighted by molar-refractivity contribution is 6.31. The van der Waals surface area contributed by atoms with Gasteiger partial charge in [-0.2, -0.15) is 0 Å². The molecular formula is C15H16ClFN2O. The van der Waals surface area contributed by atoms with Crippen LogP contribution in [0.15, 0.2) is 36.7 Å². The minimum absolute atomic E-state index is 0.0350. The van der Waals surface area contributed by atoms with Gasteiger partial charge < -0.3 is 10.1 Å². The Labute approximate surface area is 122 Å². The Morgan fingerprint density at radius 3 is 2.90 bits per heavy atom. The molecule has 0 saturated heterocycles. The Hall–Kier alpha value is -1.65. The summed E-state index contributed by atoms with van der Waals surface area (Å²) in [5, 5.41) is 3.75. The number of nitrogens with one attached hydrogen (secondary N) is 1. The van der Waals surface area contributed by atoms with Crippen LogP contribution >= 0.6 is 11.6 Å². The third-order valence-electron chi connectivity index (χ3n) is 3.19. The van der Waals surface area contributed by atoms with Crippen LogP contribution in [0.4, 0.5) is 4.39 Å². The summed E-state index contributed by atoms with van der Waals surface area (Å²) in [7, 11) is 3.44. The normalized spacial score (nSPS) is 12.2. The Morgan fingerprint density at radius 2 is 2.20 bits per heavy atom. The van der Waals surface area contributed by atoms with Gasteiger partial charge in [0.1, 0.15) is 11.6 Å². The van der Waals surface area contributed by atoms with Gasteiger partial charge in [0.05, 0.1) is 13.3 Å². The molecule has 2 rings (SSSR count). The summed E-state index contributed by atoms with van der Waals surface area (Å²) < 4.78 is 18.6. The van der Waals surface area contributed by atoms with Crippen molar-refractivity contribution in [2.45, 2.75) is 12.5 Å². The summed E-state index contributed by atoms with van der Waals surface area (Å²) in [4.78, 5) is 4.03. The number of benzene rings is 1. The van der Waals surface area contributed by atoms with Gasteiger partial charge in [-0.05, 0) is 43.3 Å². The van der Waals surface area contributed by atoms with Crippen LogP contribution in [0.25, 0.3) is 0 Å². The molecule has 0 spiro atoms. The first-order valence-corrected chi connectivity index (χ1v) is 6.62. The first-order chi connectivity index (χ1) is 9.65. The van der Waals surface area contributed by atoms with E-state index in [1.807, 2.05) is 13.1 Å². The zero-order valence-electron chi connectivity index (χ0n) is 11.4. The maximum absolute atomic E-state index is 13.3. The molecule has 0 aliphatic carbocycles. The van der Waals surface area contributed by atoms with Crippen LogP contribution in [0, 0.1) is 5.82 Å². The van der Waals surface area contributed by atoms with E-state index in [0.717, 1.165) is 11.1 Å². The molecule has 1 N–H and O–H groups in total. The highest BCUT2D eigenvalue weighted by Gasteiger charge is 2.16. The molecule has 0 aliphatic heterocycles. The number of pyridine rings is 1. The highest BCUT2D eigenvalue weighted by atomic mass is 35.5. The molecule has 20 heavy (non-hydrogen) atoms. The van der Waals surface area contributed by atoms with Crippen molar-refractivity contribution in [3.8, 4) is 5.75 Å². The average Bonchev–Trinajstić information content (AvgIpc) is 2.48. The fraction of sp³-hybridized carbons (Fsp3) is 0.267. The lowest BCUT2D eigenvalue weighted by molar-refractivity contribution is 0.399. The van der Waals surface area contributed by atoms with Crippen molar-refractivity contribution in [3.05, 3.63) is 58.6 Å². The van der Waals surface area contributed by atoms with Crippen LogP contribution in [0.1, 0.15) is 17.2 Å². The van der Waals surface area contributed by atoms with Gasteiger partial charge in [0, 0.05) is 22.8 Å². The highest BCUT2D eigenvalue weighted by Crippen LogP contribution is 2.28. The lowest BCUT2D eigenvalue weighted by atomic mass is 9.99. The standard InChI is InChI=1S/C15H16ClFN2O/c1-18-14(12-5-6-19-9-15(12)20-2)8-10-7-11(17)3-4-13(10)16/h3-7,9,14,18H,8H2,1-2H3. The summed E-state index contributed by atoms with van der Waals surface area (Å²) in [6.45, 7) is 0. The molecule has 0 aliphatic rings. The Bertz CT molecular complexity index is 592. The van der Waals surface area contributed by atoms with Crippen molar-refractivity contribution < 1.29 is 9.13 Å². The van der Waals surface area contributed by atoms with E-state index >= 15 is 0 Å². The van der Waals surface area contributed by atoms with Crippen molar-refractivity contribution >= 4 is 11.6 Å². The largest absolute Gasteiger partial charge is 0.495 e. The van der Waals surface area contributed by atoms with Crippen LogP contribution < -0.4 is 10.1 Å². The first kappa shape index (κ1) is 14.8. The molecule has 1 atom stereocenters. The third-order valence-corrected chi connectivity index (χ3v) is 3.56. The van der Waals surface area contributed by atoms with Crippen molar-refractivity contribution in [2.24, 2.45) is 0 Å². The molecule has 0 radical (unpaired) electrons. The topological polar surface area (TPSA) is 34.2 Å². The SMILES string of the molecule is CNC(Cc1cc(F)ccc1Cl)c1ccncc1OC. The monoisotopic (exact) mass is 294 g/mol. The number of hydrogen-bond donors (Lipinski definition) is 1. The van der Waals surface area contributed by atoms with Gasteiger partial charge in [0.2, 0.25) is 0 Å². The van der Waals surface area contributed by atoms with Gasteiger partial charge in [0.15, 0.2) is 0 Å². The van der Waals surface area contributed by atoms with E-state index in [4.69, 9.17) is 16.3 Å². The molecule has 1 aromatic heterocycles. The summed E-state index contributed by atoms with van der Waals surface area (Å²) in [5.41, 5.74) is 1.72. The van der Waals surface area contributed by atoms with Crippen molar-refractivity contribution in [1.29, 1.82) is 0 Å². The zero-order chi connectivity index (χ0) is 14.5. The predicted octanol–water partition coefficient (Wildman–Crippen LogP) is 3.39. The van der Waals surface area contributed by atoms with Crippen molar-refractivity contribution in [2.75, 3.05) is 14.2 Å². The molecule has 0 bridgehead atoms. The molecule has 1 aromatic carbocycles. The number of methoxy groups -OCH3 is 1. The minimum atomic E-state index is -0.291.